The predicted octanol–water partition coefficient (Wildman–Crippen LogP) is 10.0. The molecule has 0 radical (unpaired) electrons. The maximum Gasteiger partial charge on any atom is 0.171 e. The van der Waals surface area contributed by atoms with Crippen LogP contribution >= 0.6 is 7.14 Å². The third-order valence-electron chi connectivity index (χ3n) is 8.75. The van der Waals surface area contributed by atoms with Crippen LogP contribution in [0.5, 0.6) is 0 Å². The number of rotatable bonds is 6. The highest BCUT2D eigenvalue weighted by atomic mass is 31.2. The summed E-state index contributed by atoms with van der Waals surface area (Å²) in [4.78, 5) is 5.12. The Balaban J connectivity index is 1.23. The van der Waals surface area contributed by atoms with Gasteiger partial charge in [0.05, 0.1) is 11.2 Å². The minimum atomic E-state index is -3.02. The molecule has 3 heteroatoms. The number of hydrogen-bond acceptors (Lipinski definition) is 2. The molecule has 0 aliphatic heterocycles. The van der Waals surface area contributed by atoms with Crippen LogP contribution < -0.4 is 15.9 Å². The summed E-state index contributed by atoms with van der Waals surface area (Å²) < 4.78 is 14.8. The second-order valence-corrected chi connectivity index (χ2v) is 14.3. The van der Waals surface area contributed by atoms with Crippen LogP contribution in [0.1, 0.15) is 0 Å². The van der Waals surface area contributed by atoms with E-state index in [4.69, 9.17) is 4.98 Å². The van der Waals surface area contributed by atoms with Crippen LogP contribution in [0.2, 0.25) is 0 Å². The van der Waals surface area contributed by atoms with E-state index in [0.717, 1.165) is 54.6 Å². The van der Waals surface area contributed by atoms with Crippen molar-refractivity contribution in [1.82, 2.24) is 4.98 Å². The van der Waals surface area contributed by atoms with E-state index in [0.29, 0.717) is 0 Å². The summed E-state index contributed by atoms with van der Waals surface area (Å²) in [6.45, 7) is 0. The first-order valence-electron chi connectivity index (χ1n) is 15.5. The van der Waals surface area contributed by atoms with Gasteiger partial charge in [-0.1, -0.05) is 164 Å². The minimum absolute atomic E-state index is 0.827. The van der Waals surface area contributed by atoms with Gasteiger partial charge in [0, 0.05) is 26.9 Å². The molecule has 0 N–H and O–H groups in total. The fourth-order valence-corrected chi connectivity index (χ4v) is 9.08. The van der Waals surface area contributed by atoms with Crippen molar-refractivity contribution in [1.29, 1.82) is 0 Å². The van der Waals surface area contributed by atoms with Gasteiger partial charge in [0.15, 0.2) is 7.14 Å². The SMILES string of the molecule is O=P(c1ccccc1)(c1ccccc1)c1ccc(-c2ccc3c(ccc4nc(-c5ccccc5)cc(-c5ccccc5)c43)c2)cc1. The molecule has 46 heavy (non-hydrogen) atoms. The molecule has 0 bridgehead atoms. The molecule has 2 nitrogen and oxygen atoms in total. The molecule has 0 amide bonds. The number of fused-ring (bicyclic) bond motifs is 3. The Morgan fingerprint density at radius 2 is 0.935 bits per heavy atom. The van der Waals surface area contributed by atoms with E-state index in [1.807, 2.05) is 78.9 Å². The van der Waals surface area contributed by atoms with Crippen molar-refractivity contribution in [2.24, 2.45) is 0 Å². The lowest BCUT2D eigenvalue weighted by molar-refractivity contribution is 0.592. The quantitative estimate of drug-likeness (QED) is 0.139. The Labute approximate surface area is 269 Å². The Morgan fingerprint density at radius 3 is 1.54 bits per heavy atom. The zero-order valence-corrected chi connectivity index (χ0v) is 26.0. The van der Waals surface area contributed by atoms with Crippen molar-refractivity contribution in [2.45, 2.75) is 0 Å². The van der Waals surface area contributed by atoms with Crippen LogP contribution in [0, 0.1) is 0 Å². The maximum atomic E-state index is 14.8. The number of aromatic nitrogens is 1. The molecule has 0 saturated carbocycles. The highest BCUT2D eigenvalue weighted by Crippen LogP contribution is 2.43. The van der Waals surface area contributed by atoms with Gasteiger partial charge in [-0.25, -0.2) is 4.98 Å². The fraction of sp³-hybridized carbons (Fsp3) is 0. The molecule has 7 aromatic carbocycles. The van der Waals surface area contributed by atoms with Gasteiger partial charge in [0.25, 0.3) is 0 Å². The van der Waals surface area contributed by atoms with Crippen molar-refractivity contribution in [2.75, 3.05) is 0 Å². The second kappa shape index (κ2) is 11.7. The molecule has 0 unspecified atom stereocenters. The largest absolute Gasteiger partial charge is 0.309 e. The van der Waals surface area contributed by atoms with Crippen molar-refractivity contribution < 1.29 is 4.57 Å². The Hall–Kier alpha value is -5.56. The lowest BCUT2D eigenvalue weighted by Gasteiger charge is -2.20. The van der Waals surface area contributed by atoms with E-state index in [9.17, 15) is 4.57 Å². The zero-order chi connectivity index (χ0) is 30.9. The summed E-state index contributed by atoms with van der Waals surface area (Å²) in [7, 11) is -3.02. The molecule has 218 valence electrons. The molecular formula is C43H30NOP. The van der Waals surface area contributed by atoms with Gasteiger partial charge < -0.3 is 4.57 Å². The van der Waals surface area contributed by atoms with Crippen molar-refractivity contribution >= 4 is 44.7 Å². The highest BCUT2D eigenvalue weighted by molar-refractivity contribution is 7.85. The molecule has 0 spiro atoms. The minimum Gasteiger partial charge on any atom is -0.309 e. The second-order valence-electron chi connectivity index (χ2n) is 11.5. The van der Waals surface area contributed by atoms with Gasteiger partial charge in [-0.2, -0.15) is 0 Å². The maximum absolute atomic E-state index is 14.8. The summed E-state index contributed by atoms with van der Waals surface area (Å²) in [5.74, 6) is 0. The molecular weight excluding hydrogens is 577 g/mol. The molecule has 8 rings (SSSR count). The Morgan fingerprint density at radius 1 is 0.413 bits per heavy atom. The topological polar surface area (TPSA) is 30.0 Å². The van der Waals surface area contributed by atoms with E-state index >= 15 is 0 Å². The lowest BCUT2D eigenvalue weighted by atomic mass is 9.93. The van der Waals surface area contributed by atoms with Gasteiger partial charge in [0.1, 0.15) is 0 Å². The van der Waals surface area contributed by atoms with Crippen molar-refractivity contribution in [3.63, 3.8) is 0 Å². The average Bonchev–Trinajstić information content (AvgIpc) is 3.15. The molecule has 0 atom stereocenters. The fourth-order valence-electron chi connectivity index (χ4n) is 6.43. The van der Waals surface area contributed by atoms with Gasteiger partial charge in [-0.15, -0.1) is 0 Å². The molecule has 0 saturated heterocycles. The van der Waals surface area contributed by atoms with E-state index in [1.165, 1.54) is 16.5 Å². The summed E-state index contributed by atoms with van der Waals surface area (Å²) in [6, 6.07) is 62.0. The van der Waals surface area contributed by atoms with E-state index < -0.39 is 7.14 Å². The van der Waals surface area contributed by atoms with E-state index in [1.54, 1.807) is 0 Å². The smallest absolute Gasteiger partial charge is 0.171 e. The molecule has 0 aliphatic rings. The molecule has 1 aromatic heterocycles. The monoisotopic (exact) mass is 607 g/mol. The van der Waals surface area contributed by atoms with Crippen LogP contribution in [0.25, 0.3) is 55.2 Å². The summed E-state index contributed by atoms with van der Waals surface area (Å²) in [5, 5.41) is 5.97. The van der Waals surface area contributed by atoms with Crippen molar-refractivity contribution in [3.05, 3.63) is 182 Å². The van der Waals surface area contributed by atoms with Crippen molar-refractivity contribution in [3.8, 4) is 33.5 Å². The predicted molar refractivity (Wildman–Crippen MR) is 195 cm³/mol. The Bertz CT molecular complexity index is 2310. The van der Waals surface area contributed by atoms with Crippen LogP contribution in [0.15, 0.2) is 182 Å². The van der Waals surface area contributed by atoms with E-state index in [2.05, 4.69) is 103 Å². The summed E-state index contributed by atoms with van der Waals surface area (Å²) in [6.07, 6.45) is 0. The van der Waals surface area contributed by atoms with Crippen LogP contribution in [0.4, 0.5) is 0 Å². The summed E-state index contributed by atoms with van der Waals surface area (Å²) >= 11 is 0. The molecule has 0 aliphatic carbocycles. The number of hydrogen-bond donors (Lipinski definition) is 0. The van der Waals surface area contributed by atoms with Gasteiger partial charge >= 0.3 is 0 Å². The molecule has 1 heterocycles. The third-order valence-corrected chi connectivity index (χ3v) is 11.8. The van der Waals surface area contributed by atoms with Crippen LogP contribution in [-0.4, -0.2) is 4.98 Å². The van der Waals surface area contributed by atoms with Crippen LogP contribution in [-0.2, 0) is 4.57 Å². The first-order chi connectivity index (χ1) is 22.7. The summed E-state index contributed by atoms with van der Waals surface area (Å²) in [5.41, 5.74) is 7.57. The first-order valence-corrected chi connectivity index (χ1v) is 17.2. The lowest BCUT2D eigenvalue weighted by Crippen LogP contribution is -2.24. The van der Waals surface area contributed by atoms with Gasteiger partial charge in [0.2, 0.25) is 0 Å². The normalized spacial score (nSPS) is 11.6. The average molecular weight is 608 g/mol. The first kappa shape index (κ1) is 28.0. The molecule has 8 aromatic rings. The highest BCUT2D eigenvalue weighted by Gasteiger charge is 2.29. The van der Waals surface area contributed by atoms with Gasteiger partial charge in [-0.05, 0) is 51.2 Å². The number of nitrogens with zero attached hydrogens (tertiary/aromatic N) is 1. The third kappa shape index (κ3) is 4.94. The molecule has 0 fully saturated rings. The zero-order valence-electron chi connectivity index (χ0n) is 25.1. The van der Waals surface area contributed by atoms with Crippen LogP contribution in [0.3, 0.4) is 0 Å². The standard InChI is InChI=1S/C43H30NOP/c45-46(36-17-9-3-10-18-36,37-19-11-4-12-20-37)38-25-21-31(22-26-38)34-23-27-39-35(29-34)24-28-41-43(39)40(32-13-5-1-6-14-32)30-42(44-41)33-15-7-2-8-16-33/h1-30H. The van der Waals surface area contributed by atoms with Gasteiger partial charge in [-0.3, -0.25) is 0 Å². The van der Waals surface area contributed by atoms with E-state index in [-0.39, 0.29) is 0 Å². The Kier molecular flexibility index (Phi) is 7.14. The number of benzene rings is 7. The number of pyridine rings is 1.